The highest BCUT2D eigenvalue weighted by atomic mass is 35.5. The molecule has 59 heavy (non-hydrogen) atoms. The third kappa shape index (κ3) is 9.36. The Morgan fingerprint density at radius 2 is 1.53 bits per heavy atom. The number of rotatable bonds is 13. The second kappa shape index (κ2) is 18.8. The minimum absolute atomic E-state index is 0.162. The van der Waals surface area contributed by atoms with Crippen LogP contribution >= 0.6 is 23.4 Å². The summed E-state index contributed by atoms with van der Waals surface area (Å²) >= 11 is 8.30. The van der Waals surface area contributed by atoms with Gasteiger partial charge in [-0.25, -0.2) is 23.9 Å². The van der Waals surface area contributed by atoms with E-state index in [1.807, 2.05) is 44.4 Å². The van der Waals surface area contributed by atoms with E-state index in [0.717, 1.165) is 17.7 Å². The highest BCUT2D eigenvalue weighted by Gasteiger charge is 2.42. The predicted octanol–water partition coefficient (Wildman–Crippen LogP) is 6.73. The first-order valence-corrected chi connectivity index (χ1v) is 21.0. The van der Waals surface area contributed by atoms with E-state index in [9.17, 15) is 19.2 Å². The Morgan fingerprint density at radius 1 is 0.881 bits per heavy atom. The third-order valence-corrected chi connectivity index (χ3v) is 12.3. The van der Waals surface area contributed by atoms with Crippen LogP contribution in [-0.2, 0) is 23.8 Å². The molecule has 4 N–H and O–H groups in total. The molecular weight excluding hydrogens is 803 g/mol. The Morgan fingerprint density at radius 3 is 2.15 bits per heavy atom. The summed E-state index contributed by atoms with van der Waals surface area (Å²) in [4.78, 5) is 70.8. The number of likely N-dealkylation sites (tertiary alicyclic amines) is 2. The fraction of sp³-hybridized carbons (Fsp3) is 0.463. The Bertz CT molecular complexity index is 2150. The molecule has 2 aromatic heterocycles. The van der Waals surface area contributed by atoms with Gasteiger partial charge in [0.15, 0.2) is 0 Å². The number of halogens is 2. The Hall–Kier alpha value is -5.13. The van der Waals surface area contributed by atoms with Crippen LogP contribution in [0.4, 0.5) is 14.0 Å². The molecule has 0 spiro atoms. The minimum atomic E-state index is -0.956. The molecule has 2 aromatic carbocycles. The maximum absolute atomic E-state index is 15.8. The standard InChI is InChI=1S/C41H50ClFN8O7S/c1-21(2)32(47-40(54)57-5)38(52)50-16-8-9-30(50)37-46-34(35(42)49-37)25-14-15-27(28(43)17-25)23-10-12-24(13-11-23)29-19-44-36(45-29)31-18-26(59-7)20-51(31)39(53)33(22(3)56-4)48-41(55)58-6/h10-15,17,19,21-22,26,30-33H,8-9,16,18,20H2,1-7H3,(H,44,45)(H,46,49)(H,47,54)(H,48,55)/t22-,26+,30+,31+,32+,33+/m1/s1. The van der Waals surface area contributed by atoms with Gasteiger partial charge in [0.2, 0.25) is 11.8 Å². The molecule has 4 amide bonds. The van der Waals surface area contributed by atoms with Crippen LogP contribution in [0.25, 0.3) is 33.6 Å². The van der Waals surface area contributed by atoms with Crippen LogP contribution in [0.2, 0.25) is 5.15 Å². The van der Waals surface area contributed by atoms with Crippen molar-refractivity contribution >= 4 is 47.4 Å². The van der Waals surface area contributed by atoms with Crippen molar-refractivity contribution in [1.29, 1.82) is 0 Å². The number of nitrogens with zero attached hydrogens (tertiary/aromatic N) is 4. The summed E-state index contributed by atoms with van der Waals surface area (Å²) in [5.41, 5.74) is 3.40. The zero-order chi connectivity index (χ0) is 42.5. The number of aromatic amines is 2. The molecule has 0 radical (unpaired) electrons. The van der Waals surface area contributed by atoms with Crippen LogP contribution < -0.4 is 10.6 Å². The Kier molecular flexibility index (Phi) is 13.9. The zero-order valence-corrected chi connectivity index (χ0v) is 35.6. The number of methoxy groups -OCH3 is 3. The van der Waals surface area contributed by atoms with Crippen LogP contribution in [0.1, 0.15) is 63.8 Å². The average molecular weight is 853 g/mol. The van der Waals surface area contributed by atoms with Crippen molar-refractivity contribution in [3.63, 3.8) is 0 Å². The van der Waals surface area contributed by atoms with Gasteiger partial charge in [0.25, 0.3) is 0 Å². The summed E-state index contributed by atoms with van der Waals surface area (Å²) in [6, 6.07) is 9.70. The van der Waals surface area contributed by atoms with Gasteiger partial charge >= 0.3 is 12.2 Å². The van der Waals surface area contributed by atoms with Crippen molar-refractivity contribution in [2.45, 2.75) is 75.6 Å². The number of imidazole rings is 2. The van der Waals surface area contributed by atoms with E-state index >= 15 is 4.39 Å². The molecule has 2 aliphatic heterocycles. The molecular formula is C41H50ClFN8O7S. The number of alkyl carbamates (subject to hydrolysis) is 2. The van der Waals surface area contributed by atoms with Crippen molar-refractivity contribution in [3.8, 4) is 33.6 Å². The molecule has 0 saturated carbocycles. The number of amides is 4. The van der Waals surface area contributed by atoms with Crippen molar-refractivity contribution in [1.82, 2.24) is 40.4 Å². The number of benzene rings is 2. The normalized spacial score (nSPS) is 19.4. The van der Waals surface area contributed by atoms with Crippen LogP contribution in [0.3, 0.4) is 0 Å². The van der Waals surface area contributed by atoms with Crippen LogP contribution in [-0.4, -0.2) is 118 Å². The SMILES string of the molecule is COC(=O)N[C@H](C(=O)N1CCC[C@H]1c1nc(-c2ccc(-c3ccc(-c4cnc([C@@H]5C[C@H](SC)CN5C(=O)[C@@H](NC(=O)OC)[C@@H](C)OC)[nH]4)cc3)c(F)c2)c(Cl)[nH]1)C(C)C. The molecule has 6 rings (SSSR count). The van der Waals surface area contributed by atoms with Gasteiger partial charge in [0.1, 0.15) is 40.4 Å². The average Bonchev–Trinajstić information content (AvgIpc) is 4.07. The molecule has 0 unspecified atom stereocenters. The Labute approximate surface area is 351 Å². The summed E-state index contributed by atoms with van der Waals surface area (Å²) in [6.45, 7) is 6.36. The highest BCUT2D eigenvalue weighted by Crippen LogP contribution is 2.39. The lowest BCUT2D eigenvalue weighted by atomic mass is 10.0. The fourth-order valence-corrected chi connectivity index (χ4v) is 8.57. The molecule has 2 aliphatic rings. The second-order valence-corrected chi connectivity index (χ2v) is 16.5. The van der Waals surface area contributed by atoms with Gasteiger partial charge in [0.05, 0.1) is 44.3 Å². The third-order valence-electron chi connectivity index (χ3n) is 11.0. The largest absolute Gasteiger partial charge is 0.453 e. The van der Waals surface area contributed by atoms with Gasteiger partial charge in [-0.15, -0.1) is 0 Å². The molecule has 6 atom stereocenters. The topological polar surface area (TPSA) is 184 Å². The van der Waals surface area contributed by atoms with Gasteiger partial charge in [-0.05, 0) is 55.6 Å². The number of H-pyrrole nitrogens is 2. The maximum Gasteiger partial charge on any atom is 0.407 e. The van der Waals surface area contributed by atoms with Crippen molar-refractivity contribution < 1.29 is 37.8 Å². The number of hydrogen-bond acceptors (Lipinski definition) is 10. The number of ether oxygens (including phenoxy) is 3. The zero-order valence-electron chi connectivity index (χ0n) is 34.0. The van der Waals surface area contributed by atoms with Gasteiger partial charge < -0.3 is 44.6 Å². The smallest absolute Gasteiger partial charge is 0.407 e. The lowest BCUT2D eigenvalue weighted by Gasteiger charge is -2.30. The lowest BCUT2D eigenvalue weighted by Crippen LogP contribution is -2.54. The predicted molar refractivity (Wildman–Crippen MR) is 222 cm³/mol. The fourth-order valence-electron chi connectivity index (χ4n) is 7.64. The number of thioether (sulfide) groups is 1. The number of carbonyl (C=O) groups excluding carboxylic acids is 4. The van der Waals surface area contributed by atoms with E-state index in [4.69, 9.17) is 30.8 Å². The Balaban J connectivity index is 1.17. The van der Waals surface area contributed by atoms with Crippen molar-refractivity contribution in [2.75, 3.05) is 40.7 Å². The van der Waals surface area contributed by atoms with Gasteiger partial charge in [-0.1, -0.05) is 61.8 Å². The second-order valence-electron chi connectivity index (χ2n) is 14.9. The maximum atomic E-state index is 15.8. The van der Waals surface area contributed by atoms with E-state index in [1.165, 1.54) is 27.4 Å². The molecule has 4 heterocycles. The van der Waals surface area contributed by atoms with E-state index in [1.54, 1.807) is 46.8 Å². The van der Waals surface area contributed by atoms with E-state index < -0.39 is 42.2 Å². The summed E-state index contributed by atoms with van der Waals surface area (Å²) in [5.74, 6) is -0.0991. The summed E-state index contributed by atoms with van der Waals surface area (Å²) < 4.78 is 30.8. The van der Waals surface area contributed by atoms with Gasteiger partial charge in [-0.2, -0.15) is 11.8 Å². The van der Waals surface area contributed by atoms with Crippen molar-refractivity contribution in [2.24, 2.45) is 5.92 Å². The van der Waals surface area contributed by atoms with E-state index in [-0.39, 0.29) is 34.2 Å². The number of hydrogen-bond donors (Lipinski definition) is 4. The van der Waals surface area contributed by atoms with Crippen LogP contribution in [0.5, 0.6) is 0 Å². The molecule has 2 saturated heterocycles. The summed E-state index contributed by atoms with van der Waals surface area (Å²) in [6.07, 6.45) is 3.74. The lowest BCUT2D eigenvalue weighted by molar-refractivity contribution is -0.137. The molecule has 0 aliphatic carbocycles. The molecule has 2 fully saturated rings. The van der Waals surface area contributed by atoms with Gasteiger partial charge in [0, 0.05) is 36.6 Å². The first kappa shape index (κ1) is 43.4. The summed E-state index contributed by atoms with van der Waals surface area (Å²) in [7, 11) is 3.97. The molecule has 18 heteroatoms. The quantitative estimate of drug-likeness (QED) is 0.112. The number of nitrogens with one attached hydrogen (secondary N) is 4. The monoisotopic (exact) mass is 852 g/mol. The van der Waals surface area contributed by atoms with Crippen LogP contribution in [0.15, 0.2) is 48.7 Å². The summed E-state index contributed by atoms with van der Waals surface area (Å²) in [5, 5.41) is 5.64. The first-order valence-electron chi connectivity index (χ1n) is 19.3. The minimum Gasteiger partial charge on any atom is -0.453 e. The number of aromatic nitrogens is 4. The molecule has 4 aromatic rings. The van der Waals surface area contributed by atoms with E-state index in [2.05, 4.69) is 25.6 Å². The molecule has 0 bridgehead atoms. The molecule has 15 nitrogen and oxygen atoms in total. The molecule has 316 valence electrons. The number of carbonyl (C=O) groups is 4. The van der Waals surface area contributed by atoms with E-state index in [0.29, 0.717) is 60.0 Å². The van der Waals surface area contributed by atoms with Crippen LogP contribution in [0, 0.1) is 11.7 Å². The first-order chi connectivity index (χ1) is 28.3. The van der Waals surface area contributed by atoms with Gasteiger partial charge in [-0.3, -0.25) is 9.59 Å². The van der Waals surface area contributed by atoms with Crippen molar-refractivity contribution in [3.05, 3.63) is 71.3 Å². The highest BCUT2D eigenvalue weighted by molar-refractivity contribution is 7.99.